The van der Waals surface area contributed by atoms with Crippen molar-refractivity contribution in [3.05, 3.63) is 93.8 Å². The number of hydrogen-bond donors (Lipinski definition) is 0. The van der Waals surface area contributed by atoms with E-state index in [1.54, 1.807) is 30.0 Å². The van der Waals surface area contributed by atoms with Gasteiger partial charge in [-0.1, -0.05) is 29.8 Å². The minimum Gasteiger partial charge on any atom is -0.378 e. The number of nitrogens with zero attached hydrogens (tertiary/aromatic N) is 5. The summed E-state index contributed by atoms with van der Waals surface area (Å²) in [6.07, 6.45) is -1.19. The van der Waals surface area contributed by atoms with E-state index in [0.29, 0.717) is 36.8 Å². The molecule has 0 N–H and O–H groups in total. The van der Waals surface area contributed by atoms with Crippen LogP contribution in [0.15, 0.2) is 60.8 Å². The number of alkyl halides is 3. The average Bonchev–Trinajstić information content (AvgIpc) is 2.96. The first-order valence-electron chi connectivity index (χ1n) is 13.9. The van der Waals surface area contributed by atoms with Gasteiger partial charge >= 0.3 is 6.18 Å². The normalized spacial score (nSPS) is 18.3. The maximum atomic E-state index is 13.8. The number of amides is 1. The van der Waals surface area contributed by atoms with Crippen LogP contribution in [-0.4, -0.2) is 85.0 Å². The van der Waals surface area contributed by atoms with Gasteiger partial charge in [0.25, 0.3) is 5.91 Å². The van der Waals surface area contributed by atoms with Crippen LogP contribution in [0.25, 0.3) is 0 Å². The molecule has 0 unspecified atom stereocenters. The van der Waals surface area contributed by atoms with Crippen molar-refractivity contribution in [1.29, 1.82) is 0 Å². The second-order valence-electron chi connectivity index (χ2n) is 11.1. The van der Waals surface area contributed by atoms with Gasteiger partial charge in [0.05, 0.1) is 5.56 Å². The highest BCUT2D eigenvalue weighted by Gasteiger charge is 2.35. The third-order valence-electron chi connectivity index (χ3n) is 8.00. The van der Waals surface area contributed by atoms with E-state index in [-0.39, 0.29) is 17.5 Å². The third-order valence-corrected chi connectivity index (χ3v) is 8.25. The Bertz CT molecular complexity index is 1360. The molecule has 10 heteroatoms. The van der Waals surface area contributed by atoms with Crippen molar-refractivity contribution in [1.82, 2.24) is 19.7 Å². The van der Waals surface area contributed by atoms with E-state index in [4.69, 9.17) is 11.6 Å². The minimum atomic E-state index is -4.55. The summed E-state index contributed by atoms with van der Waals surface area (Å²) in [7, 11) is 3.34. The summed E-state index contributed by atoms with van der Waals surface area (Å²) in [4.78, 5) is 26.5. The number of fused-ring (bicyclic) bond motifs is 1. The van der Waals surface area contributed by atoms with E-state index in [2.05, 4.69) is 20.9 Å². The van der Waals surface area contributed by atoms with Gasteiger partial charge in [-0.25, -0.2) is 0 Å². The maximum Gasteiger partial charge on any atom is 0.416 e. The molecule has 3 heterocycles. The van der Waals surface area contributed by atoms with Gasteiger partial charge < -0.3 is 9.80 Å². The average molecular weight is 586 g/mol. The predicted molar refractivity (Wildman–Crippen MR) is 155 cm³/mol. The molecule has 1 atom stereocenters. The fourth-order valence-electron chi connectivity index (χ4n) is 5.68. The predicted octanol–water partition coefficient (Wildman–Crippen LogP) is 5.25. The molecule has 218 valence electrons. The fraction of sp³-hybridized carbons (Fsp3) is 0.419. The summed E-state index contributed by atoms with van der Waals surface area (Å²) in [5.74, 6) is -0.377. The first-order chi connectivity index (χ1) is 19.6. The van der Waals surface area contributed by atoms with Crippen LogP contribution in [0.5, 0.6) is 0 Å². The smallest absolute Gasteiger partial charge is 0.378 e. The lowest BCUT2D eigenvalue weighted by atomic mass is 9.99. The summed E-state index contributed by atoms with van der Waals surface area (Å²) >= 11 is 6.10. The number of aromatic nitrogens is 1. The highest BCUT2D eigenvalue weighted by molar-refractivity contribution is 6.30. The molecule has 0 aliphatic carbocycles. The largest absolute Gasteiger partial charge is 0.416 e. The van der Waals surface area contributed by atoms with Gasteiger partial charge in [0.2, 0.25) is 0 Å². The van der Waals surface area contributed by atoms with E-state index in [1.165, 1.54) is 11.3 Å². The second-order valence-corrected chi connectivity index (χ2v) is 11.5. The van der Waals surface area contributed by atoms with Crippen LogP contribution in [-0.2, 0) is 25.6 Å². The molecule has 0 saturated carbocycles. The minimum absolute atomic E-state index is 0.0543. The van der Waals surface area contributed by atoms with Crippen molar-refractivity contribution >= 4 is 23.2 Å². The Morgan fingerprint density at radius 2 is 1.78 bits per heavy atom. The molecule has 6 nitrogen and oxygen atoms in total. The van der Waals surface area contributed by atoms with Crippen LogP contribution < -0.4 is 4.90 Å². The molecule has 3 aromatic rings. The molecule has 5 rings (SSSR count). The Kier molecular flexibility index (Phi) is 8.87. The zero-order valence-corrected chi connectivity index (χ0v) is 24.1. The van der Waals surface area contributed by atoms with Gasteiger partial charge in [0.1, 0.15) is 0 Å². The van der Waals surface area contributed by atoms with Crippen LogP contribution in [0.2, 0.25) is 5.02 Å². The molecule has 2 aliphatic heterocycles. The quantitative estimate of drug-likeness (QED) is 0.379. The highest BCUT2D eigenvalue weighted by Crippen LogP contribution is 2.33. The zero-order chi connectivity index (χ0) is 29.1. The molecule has 0 spiro atoms. The van der Waals surface area contributed by atoms with Crippen molar-refractivity contribution < 1.29 is 18.0 Å². The fourth-order valence-corrected chi connectivity index (χ4v) is 5.80. The van der Waals surface area contributed by atoms with Gasteiger partial charge in [-0.15, -0.1) is 0 Å². The number of hydrogen-bond acceptors (Lipinski definition) is 5. The number of carbonyl (C=O) groups excluding carboxylic acids is 1. The molecule has 1 amide bonds. The number of pyridine rings is 1. The first kappa shape index (κ1) is 29.4. The lowest BCUT2D eigenvalue weighted by Crippen LogP contribution is -2.57. The van der Waals surface area contributed by atoms with Crippen molar-refractivity contribution in [2.45, 2.75) is 31.6 Å². The number of rotatable bonds is 7. The topological polar surface area (TPSA) is 42.9 Å². The summed E-state index contributed by atoms with van der Waals surface area (Å²) in [5, 5.41) is 0.630. The Morgan fingerprint density at radius 3 is 2.51 bits per heavy atom. The van der Waals surface area contributed by atoms with Crippen molar-refractivity contribution in [2.24, 2.45) is 0 Å². The van der Waals surface area contributed by atoms with Gasteiger partial charge in [-0.05, 0) is 53.9 Å². The monoisotopic (exact) mass is 585 g/mol. The van der Waals surface area contributed by atoms with Gasteiger partial charge in [0, 0.05) is 101 Å². The molecular formula is C31H35ClF3N5O. The SMILES string of the molecule is CN(C)c1cc(C(=O)N2CCN(CCN3CCc4ncccc4C3)C[C@H]2Cc2ccc(Cl)cc2)cc(C(F)(F)F)c1. The maximum absolute atomic E-state index is 13.8. The second kappa shape index (κ2) is 12.4. The molecule has 41 heavy (non-hydrogen) atoms. The van der Waals surface area contributed by atoms with Gasteiger partial charge in [-0.2, -0.15) is 13.2 Å². The van der Waals surface area contributed by atoms with E-state index in [0.717, 1.165) is 50.3 Å². The zero-order valence-electron chi connectivity index (χ0n) is 23.4. The molecule has 1 aromatic heterocycles. The number of anilines is 1. The lowest BCUT2D eigenvalue weighted by molar-refractivity contribution is -0.137. The number of halogens is 4. The Labute approximate surface area is 244 Å². The van der Waals surface area contributed by atoms with Crippen molar-refractivity contribution in [3.63, 3.8) is 0 Å². The lowest BCUT2D eigenvalue weighted by Gasteiger charge is -2.42. The third kappa shape index (κ3) is 7.20. The van der Waals surface area contributed by atoms with E-state index < -0.39 is 11.7 Å². The Hall–Kier alpha value is -3.14. The number of piperazine rings is 1. The van der Waals surface area contributed by atoms with Gasteiger partial charge in [0.15, 0.2) is 0 Å². The molecule has 0 radical (unpaired) electrons. The van der Waals surface area contributed by atoms with Crippen LogP contribution in [0.4, 0.5) is 18.9 Å². The van der Waals surface area contributed by atoms with Crippen LogP contribution in [0.3, 0.4) is 0 Å². The van der Waals surface area contributed by atoms with Gasteiger partial charge in [-0.3, -0.25) is 19.6 Å². The van der Waals surface area contributed by atoms with E-state index in [1.807, 2.05) is 36.5 Å². The van der Waals surface area contributed by atoms with Crippen molar-refractivity contribution in [2.75, 3.05) is 58.3 Å². The summed E-state index contributed by atoms with van der Waals surface area (Å²) in [6.45, 7) is 5.32. The molecule has 1 fully saturated rings. The summed E-state index contributed by atoms with van der Waals surface area (Å²) < 4.78 is 41.2. The Morgan fingerprint density at radius 1 is 1.02 bits per heavy atom. The van der Waals surface area contributed by atoms with Crippen LogP contribution >= 0.6 is 11.6 Å². The van der Waals surface area contributed by atoms with E-state index >= 15 is 0 Å². The first-order valence-corrected chi connectivity index (χ1v) is 14.3. The molecule has 1 saturated heterocycles. The standard InChI is InChI=1S/C31H35ClF3N5O/c1-37(2)27-18-24(17-25(19-27)31(33,34)35)30(41)40-15-14-39(21-28(40)16-22-5-7-26(32)8-6-22)13-12-38-11-9-29-23(20-38)4-3-10-36-29/h3-8,10,17-19,28H,9,11-16,20-21H2,1-2H3/t28-/m1/s1. The molecule has 2 aliphatic rings. The molecule has 0 bridgehead atoms. The van der Waals surface area contributed by atoms with Crippen LogP contribution in [0, 0.1) is 0 Å². The number of carbonyl (C=O) groups is 1. The molecular weight excluding hydrogens is 551 g/mol. The number of benzene rings is 2. The summed E-state index contributed by atoms with van der Waals surface area (Å²) in [6, 6.07) is 15.1. The highest BCUT2D eigenvalue weighted by atomic mass is 35.5. The van der Waals surface area contributed by atoms with E-state index in [9.17, 15) is 18.0 Å². The summed E-state index contributed by atoms with van der Waals surface area (Å²) in [5.41, 5.74) is 3.04. The Balaban J connectivity index is 1.33. The molecule has 2 aromatic carbocycles. The van der Waals surface area contributed by atoms with Crippen molar-refractivity contribution in [3.8, 4) is 0 Å². The van der Waals surface area contributed by atoms with Crippen LogP contribution in [0.1, 0.15) is 32.7 Å².